The van der Waals surface area contributed by atoms with E-state index in [1.165, 1.54) is 17.4 Å². The summed E-state index contributed by atoms with van der Waals surface area (Å²) in [7, 11) is 0. The molecule has 1 amide bonds. The summed E-state index contributed by atoms with van der Waals surface area (Å²) in [5.41, 5.74) is 3.37. The first-order valence-electron chi connectivity index (χ1n) is 7.91. The van der Waals surface area contributed by atoms with Crippen LogP contribution >= 0.6 is 11.3 Å². The number of thiazole rings is 1. The maximum atomic E-state index is 12.2. The largest absolute Gasteiger partial charge is 0.491 e. The maximum absolute atomic E-state index is 12.2. The molecule has 1 aliphatic rings. The van der Waals surface area contributed by atoms with E-state index in [2.05, 4.69) is 11.6 Å². The molecular weight excluding hydrogens is 324 g/mol. The molecule has 1 aromatic heterocycles. The van der Waals surface area contributed by atoms with Gasteiger partial charge in [0.1, 0.15) is 12.4 Å². The van der Waals surface area contributed by atoms with Crippen molar-refractivity contribution >= 4 is 22.9 Å². The molecule has 24 heavy (non-hydrogen) atoms. The van der Waals surface area contributed by atoms with E-state index < -0.39 is 0 Å². The average molecular weight is 344 g/mol. The van der Waals surface area contributed by atoms with E-state index in [9.17, 15) is 4.79 Å². The highest BCUT2D eigenvalue weighted by Crippen LogP contribution is 2.24. The molecule has 126 valence electrons. The fourth-order valence-electron chi connectivity index (χ4n) is 2.59. The van der Waals surface area contributed by atoms with E-state index >= 15 is 0 Å². The van der Waals surface area contributed by atoms with Crippen LogP contribution in [0, 0.1) is 0 Å². The number of amides is 1. The lowest BCUT2D eigenvalue weighted by Gasteiger charge is -2.21. The second-order valence-electron chi connectivity index (χ2n) is 5.55. The van der Waals surface area contributed by atoms with Crippen LogP contribution in [0.15, 0.2) is 47.8 Å². The summed E-state index contributed by atoms with van der Waals surface area (Å²) in [4.78, 5) is 18.1. The molecule has 1 aromatic carbocycles. The molecule has 2 aromatic rings. The molecule has 1 unspecified atom stereocenters. The quantitative estimate of drug-likeness (QED) is 0.722. The van der Waals surface area contributed by atoms with Crippen molar-refractivity contribution in [3.05, 3.63) is 53.5 Å². The van der Waals surface area contributed by atoms with Crippen molar-refractivity contribution in [2.24, 2.45) is 0 Å². The number of aromatic nitrogens is 1. The molecule has 0 saturated carbocycles. The van der Waals surface area contributed by atoms with E-state index in [-0.39, 0.29) is 12.0 Å². The van der Waals surface area contributed by atoms with Gasteiger partial charge in [-0.25, -0.2) is 4.98 Å². The number of rotatable bonds is 7. The summed E-state index contributed by atoms with van der Waals surface area (Å²) in [5.74, 6) is 0.558. The number of anilines is 1. The van der Waals surface area contributed by atoms with Crippen LogP contribution < -0.4 is 9.64 Å². The summed E-state index contributed by atoms with van der Waals surface area (Å²) in [6.07, 6.45) is 3.59. The molecule has 5 nitrogen and oxygen atoms in total. The second kappa shape index (κ2) is 8.08. The third kappa shape index (κ3) is 4.21. The molecule has 0 bridgehead atoms. The Morgan fingerprint density at radius 3 is 3.17 bits per heavy atom. The summed E-state index contributed by atoms with van der Waals surface area (Å²) in [5, 5.41) is 1.93. The zero-order chi connectivity index (χ0) is 16.8. The van der Waals surface area contributed by atoms with Gasteiger partial charge in [0, 0.05) is 23.7 Å². The Labute approximate surface area is 145 Å². The Bertz CT molecular complexity index is 681. The van der Waals surface area contributed by atoms with Gasteiger partial charge >= 0.3 is 0 Å². The maximum Gasteiger partial charge on any atom is 0.250 e. The Kier molecular flexibility index (Phi) is 5.61. The van der Waals surface area contributed by atoms with Crippen molar-refractivity contribution in [1.29, 1.82) is 0 Å². The molecule has 0 spiro atoms. The second-order valence-corrected chi connectivity index (χ2v) is 6.27. The monoisotopic (exact) mass is 344 g/mol. The molecule has 0 aliphatic carbocycles. The molecule has 1 aliphatic heterocycles. The molecule has 1 atom stereocenters. The smallest absolute Gasteiger partial charge is 0.250 e. The number of hydrogen-bond donors (Lipinski definition) is 0. The van der Waals surface area contributed by atoms with Crippen LogP contribution in [0.25, 0.3) is 0 Å². The predicted molar refractivity (Wildman–Crippen MR) is 94.4 cm³/mol. The van der Waals surface area contributed by atoms with E-state index in [0.717, 1.165) is 36.6 Å². The zero-order valence-corrected chi connectivity index (χ0v) is 14.2. The Morgan fingerprint density at radius 1 is 1.54 bits per heavy atom. The molecule has 3 rings (SSSR count). The van der Waals surface area contributed by atoms with Gasteiger partial charge in [0.2, 0.25) is 0 Å². The van der Waals surface area contributed by atoms with E-state index in [0.29, 0.717) is 13.2 Å². The van der Waals surface area contributed by atoms with Gasteiger partial charge in [-0.1, -0.05) is 12.6 Å². The molecule has 6 heteroatoms. The third-order valence-electron chi connectivity index (χ3n) is 3.83. The highest BCUT2D eigenvalue weighted by atomic mass is 32.1. The van der Waals surface area contributed by atoms with Crippen molar-refractivity contribution in [2.75, 3.05) is 18.1 Å². The number of carbonyl (C=O) groups excluding carboxylic acids is 1. The normalized spacial score (nSPS) is 16.8. The van der Waals surface area contributed by atoms with Gasteiger partial charge in [-0.15, -0.1) is 11.3 Å². The standard InChI is InChI=1S/C18H20N2O3S/c1-2-18(21)20(10-14-12-24-13-19-14)15-5-3-6-16(9-15)23-11-17-7-4-8-22-17/h2-3,5-6,9,12-13,17H,1,4,7-8,10-11H2. The lowest BCUT2D eigenvalue weighted by atomic mass is 10.2. The van der Waals surface area contributed by atoms with Gasteiger partial charge in [0.15, 0.2) is 0 Å². The number of carbonyl (C=O) groups is 1. The molecule has 0 N–H and O–H groups in total. The SMILES string of the molecule is C=CC(=O)N(Cc1cscn1)c1cccc(OCC2CCCO2)c1. The van der Waals surface area contributed by atoms with E-state index in [1.807, 2.05) is 29.6 Å². The first-order chi connectivity index (χ1) is 11.8. The van der Waals surface area contributed by atoms with E-state index in [4.69, 9.17) is 9.47 Å². The number of ether oxygens (including phenoxy) is 2. The molecule has 0 radical (unpaired) electrons. The summed E-state index contributed by atoms with van der Waals surface area (Å²) < 4.78 is 11.4. The Hall–Kier alpha value is -2.18. The van der Waals surface area contributed by atoms with Gasteiger partial charge in [-0.05, 0) is 31.1 Å². The van der Waals surface area contributed by atoms with Crippen LogP contribution in [0.4, 0.5) is 5.69 Å². The van der Waals surface area contributed by atoms with Crippen molar-refractivity contribution in [3.63, 3.8) is 0 Å². The first-order valence-corrected chi connectivity index (χ1v) is 8.86. The van der Waals surface area contributed by atoms with Crippen molar-refractivity contribution < 1.29 is 14.3 Å². The molecule has 2 heterocycles. The van der Waals surface area contributed by atoms with E-state index in [1.54, 1.807) is 10.4 Å². The highest BCUT2D eigenvalue weighted by Gasteiger charge is 2.18. The first kappa shape index (κ1) is 16.7. The fraction of sp³-hybridized carbons (Fsp3) is 0.333. The average Bonchev–Trinajstić information content (AvgIpc) is 3.31. The lowest BCUT2D eigenvalue weighted by molar-refractivity contribution is -0.114. The minimum atomic E-state index is -0.167. The van der Waals surface area contributed by atoms with Crippen LogP contribution in [-0.2, 0) is 16.1 Å². The Balaban J connectivity index is 1.72. The van der Waals surface area contributed by atoms with Gasteiger partial charge in [-0.2, -0.15) is 0 Å². The van der Waals surface area contributed by atoms with Crippen LogP contribution in [0.5, 0.6) is 5.75 Å². The minimum Gasteiger partial charge on any atom is -0.491 e. The summed E-state index contributed by atoms with van der Waals surface area (Å²) in [6.45, 7) is 5.34. The fourth-order valence-corrected chi connectivity index (χ4v) is 3.14. The van der Waals surface area contributed by atoms with Gasteiger partial charge in [0.05, 0.1) is 23.9 Å². The number of benzene rings is 1. The summed E-state index contributed by atoms with van der Waals surface area (Å²) in [6, 6.07) is 7.51. The van der Waals surface area contributed by atoms with Gasteiger partial charge < -0.3 is 14.4 Å². The molecule has 1 fully saturated rings. The van der Waals surface area contributed by atoms with Crippen LogP contribution in [0.2, 0.25) is 0 Å². The summed E-state index contributed by atoms with van der Waals surface area (Å²) >= 11 is 1.51. The van der Waals surface area contributed by atoms with Crippen molar-refractivity contribution in [3.8, 4) is 5.75 Å². The topological polar surface area (TPSA) is 51.7 Å². The van der Waals surface area contributed by atoms with Crippen LogP contribution in [0.1, 0.15) is 18.5 Å². The highest BCUT2D eigenvalue weighted by molar-refractivity contribution is 7.07. The Morgan fingerprint density at radius 2 is 2.46 bits per heavy atom. The van der Waals surface area contributed by atoms with Crippen LogP contribution in [-0.4, -0.2) is 30.2 Å². The third-order valence-corrected chi connectivity index (χ3v) is 4.47. The lowest BCUT2D eigenvalue weighted by Crippen LogP contribution is -2.28. The van der Waals surface area contributed by atoms with Gasteiger partial charge in [-0.3, -0.25) is 4.79 Å². The minimum absolute atomic E-state index is 0.162. The molecule has 1 saturated heterocycles. The van der Waals surface area contributed by atoms with Crippen molar-refractivity contribution in [2.45, 2.75) is 25.5 Å². The molecular formula is C18H20N2O3S. The van der Waals surface area contributed by atoms with Gasteiger partial charge in [0.25, 0.3) is 5.91 Å². The number of nitrogens with zero attached hydrogens (tertiary/aromatic N) is 2. The predicted octanol–water partition coefficient (Wildman–Crippen LogP) is 3.42. The number of hydrogen-bond acceptors (Lipinski definition) is 5. The van der Waals surface area contributed by atoms with Crippen molar-refractivity contribution in [1.82, 2.24) is 4.98 Å². The van der Waals surface area contributed by atoms with Crippen LogP contribution in [0.3, 0.4) is 0 Å². The zero-order valence-electron chi connectivity index (χ0n) is 13.4.